The Morgan fingerprint density at radius 2 is 1.50 bits per heavy atom. The van der Waals surface area contributed by atoms with E-state index in [-0.39, 0.29) is 25.9 Å². The molecule has 0 rings (SSSR count). The molecule has 6 nitrogen and oxygen atoms in total. The van der Waals surface area contributed by atoms with E-state index in [1.165, 1.54) is 0 Å². The van der Waals surface area contributed by atoms with E-state index in [1.807, 2.05) is 0 Å². The minimum absolute atomic E-state index is 0.00667. The van der Waals surface area contributed by atoms with Gasteiger partial charge in [0.25, 0.3) is 0 Å². The molecule has 2 atom stereocenters. The van der Waals surface area contributed by atoms with E-state index in [2.05, 4.69) is 4.74 Å². The van der Waals surface area contributed by atoms with Crippen molar-refractivity contribution in [2.45, 2.75) is 26.1 Å². The fourth-order valence-corrected chi connectivity index (χ4v) is 0.587. The molecule has 100 valence electrons. The van der Waals surface area contributed by atoms with Crippen molar-refractivity contribution in [3.63, 3.8) is 0 Å². The predicted octanol–water partition coefficient (Wildman–Crippen LogP) is -1.25. The molecule has 0 fully saturated rings. The second-order valence-corrected chi connectivity index (χ2v) is 3.24. The first kappa shape index (κ1) is 18.1. The van der Waals surface area contributed by atoms with E-state index < -0.39 is 6.10 Å². The third kappa shape index (κ3) is 19.4. The van der Waals surface area contributed by atoms with Gasteiger partial charge in [0.15, 0.2) is 0 Å². The van der Waals surface area contributed by atoms with E-state index in [9.17, 15) is 0 Å². The molecule has 16 heavy (non-hydrogen) atoms. The van der Waals surface area contributed by atoms with Gasteiger partial charge in [-0.25, -0.2) is 0 Å². The summed E-state index contributed by atoms with van der Waals surface area (Å²) in [4.78, 5) is 0. The monoisotopic (exact) mass is 240 g/mol. The van der Waals surface area contributed by atoms with E-state index in [0.717, 1.165) is 0 Å². The maximum Gasteiger partial charge on any atom is 0.0779 e. The van der Waals surface area contributed by atoms with Crippen LogP contribution in [0.3, 0.4) is 0 Å². The van der Waals surface area contributed by atoms with Gasteiger partial charge in [0.05, 0.1) is 51.8 Å². The van der Waals surface area contributed by atoms with Crippen LogP contribution in [-0.4, -0.2) is 72.3 Å². The highest BCUT2D eigenvalue weighted by Gasteiger charge is 2.00. The van der Waals surface area contributed by atoms with Gasteiger partial charge in [-0.15, -0.1) is 0 Å². The SMILES string of the molecule is CC(O)COC(C)CO.OCCOCCO. The summed E-state index contributed by atoms with van der Waals surface area (Å²) in [6.45, 7) is 4.39. The maximum atomic E-state index is 8.69. The molecule has 0 radical (unpaired) electrons. The first-order valence-corrected chi connectivity index (χ1v) is 5.28. The second-order valence-electron chi connectivity index (χ2n) is 3.24. The van der Waals surface area contributed by atoms with Crippen LogP contribution in [0.2, 0.25) is 0 Å². The summed E-state index contributed by atoms with van der Waals surface area (Å²) >= 11 is 0. The zero-order valence-electron chi connectivity index (χ0n) is 10.0. The molecule has 0 aromatic rings. The van der Waals surface area contributed by atoms with E-state index in [4.69, 9.17) is 25.2 Å². The van der Waals surface area contributed by atoms with Crippen LogP contribution in [0.1, 0.15) is 13.8 Å². The Balaban J connectivity index is 0. The Morgan fingerprint density at radius 1 is 1.00 bits per heavy atom. The van der Waals surface area contributed by atoms with Crippen LogP contribution in [0.4, 0.5) is 0 Å². The first-order chi connectivity index (χ1) is 7.58. The maximum absolute atomic E-state index is 8.69. The number of ether oxygens (including phenoxy) is 2. The van der Waals surface area contributed by atoms with Crippen molar-refractivity contribution in [1.29, 1.82) is 0 Å². The van der Waals surface area contributed by atoms with Crippen LogP contribution >= 0.6 is 0 Å². The smallest absolute Gasteiger partial charge is 0.0779 e. The Morgan fingerprint density at radius 3 is 1.81 bits per heavy atom. The van der Waals surface area contributed by atoms with Gasteiger partial charge in [0.2, 0.25) is 0 Å². The fraction of sp³-hybridized carbons (Fsp3) is 1.00. The van der Waals surface area contributed by atoms with Gasteiger partial charge < -0.3 is 29.9 Å². The molecular formula is C10H24O6. The lowest BCUT2D eigenvalue weighted by molar-refractivity contribution is -0.0177. The second kappa shape index (κ2) is 14.8. The van der Waals surface area contributed by atoms with Gasteiger partial charge in [-0.1, -0.05) is 0 Å². The van der Waals surface area contributed by atoms with Crippen molar-refractivity contribution < 1.29 is 29.9 Å². The molecule has 6 heteroatoms. The lowest BCUT2D eigenvalue weighted by Gasteiger charge is -2.10. The molecule has 0 aliphatic rings. The molecular weight excluding hydrogens is 216 g/mol. The van der Waals surface area contributed by atoms with Crippen molar-refractivity contribution >= 4 is 0 Å². The zero-order valence-corrected chi connectivity index (χ0v) is 10.0. The van der Waals surface area contributed by atoms with Crippen LogP contribution < -0.4 is 0 Å². The van der Waals surface area contributed by atoms with Gasteiger partial charge in [-0.2, -0.15) is 0 Å². The highest BCUT2D eigenvalue weighted by molar-refractivity contribution is 4.47. The summed E-state index contributed by atoms with van der Waals surface area (Å²) in [6.07, 6.45) is -0.612. The third-order valence-corrected chi connectivity index (χ3v) is 1.35. The number of aliphatic hydroxyl groups excluding tert-OH is 4. The van der Waals surface area contributed by atoms with Crippen LogP contribution in [0.15, 0.2) is 0 Å². The standard InChI is InChI=1S/C6H14O3.C4H10O3/c1-5(8)4-9-6(2)3-7;5-1-3-7-4-2-6/h5-8H,3-4H2,1-2H3;5-6H,1-4H2. The van der Waals surface area contributed by atoms with Gasteiger partial charge in [-0.3, -0.25) is 0 Å². The molecule has 0 bridgehead atoms. The van der Waals surface area contributed by atoms with Crippen LogP contribution in [-0.2, 0) is 9.47 Å². The quantitative estimate of drug-likeness (QED) is 0.396. The van der Waals surface area contributed by atoms with Crippen LogP contribution in [0, 0.1) is 0 Å². The number of hydrogen-bond donors (Lipinski definition) is 4. The average Bonchev–Trinajstić information content (AvgIpc) is 2.27. The van der Waals surface area contributed by atoms with Crippen molar-refractivity contribution in [3.8, 4) is 0 Å². The summed E-state index contributed by atoms with van der Waals surface area (Å²) in [5.74, 6) is 0. The van der Waals surface area contributed by atoms with Crippen molar-refractivity contribution in [2.24, 2.45) is 0 Å². The van der Waals surface area contributed by atoms with Crippen LogP contribution in [0.25, 0.3) is 0 Å². The first-order valence-electron chi connectivity index (χ1n) is 5.28. The Bertz CT molecular complexity index is 116. The summed E-state index contributed by atoms with van der Waals surface area (Å²) in [5, 5.41) is 33.3. The molecule has 0 aromatic heterocycles. The summed E-state index contributed by atoms with van der Waals surface area (Å²) in [7, 11) is 0. The summed E-state index contributed by atoms with van der Waals surface area (Å²) < 4.78 is 9.58. The minimum atomic E-state index is -0.445. The van der Waals surface area contributed by atoms with Crippen LogP contribution in [0.5, 0.6) is 0 Å². The molecule has 2 unspecified atom stereocenters. The van der Waals surface area contributed by atoms with Gasteiger partial charge >= 0.3 is 0 Å². The lowest BCUT2D eigenvalue weighted by atomic mass is 10.4. The Hall–Kier alpha value is -0.240. The normalized spacial score (nSPS) is 13.9. The number of hydrogen-bond acceptors (Lipinski definition) is 6. The molecule has 0 spiro atoms. The predicted molar refractivity (Wildman–Crippen MR) is 59.2 cm³/mol. The molecule has 4 N–H and O–H groups in total. The van der Waals surface area contributed by atoms with Gasteiger partial charge in [-0.05, 0) is 13.8 Å². The molecule has 0 aliphatic heterocycles. The number of aliphatic hydroxyl groups is 4. The molecule has 0 saturated carbocycles. The average molecular weight is 240 g/mol. The van der Waals surface area contributed by atoms with Crippen molar-refractivity contribution in [3.05, 3.63) is 0 Å². The third-order valence-electron chi connectivity index (χ3n) is 1.35. The van der Waals surface area contributed by atoms with Gasteiger partial charge in [0, 0.05) is 0 Å². The highest BCUT2D eigenvalue weighted by Crippen LogP contribution is 1.90. The Kier molecular flexibility index (Phi) is 16.7. The largest absolute Gasteiger partial charge is 0.394 e. The van der Waals surface area contributed by atoms with E-state index in [0.29, 0.717) is 19.8 Å². The topological polar surface area (TPSA) is 99.4 Å². The number of rotatable bonds is 8. The molecule has 0 heterocycles. The molecule has 0 amide bonds. The van der Waals surface area contributed by atoms with E-state index >= 15 is 0 Å². The lowest BCUT2D eigenvalue weighted by Crippen LogP contribution is -2.19. The summed E-state index contributed by atoms with van der Waals surface area (Å²) in [6, 6.07) is 0. The highest BCUT2D eigenvalue weighted by atomic mass is 16.5. The molecule has 0 aliphatic carbocycles. The van der Waals surface area contributed by atoms with E-state index in [1.54, 1.807) is 13.8 Å². The molecule has 0 saturated heterocycles. The fourth-order valence-electron chi connectivity index (χ4n) is 0.587. The Labute approximate surface area is 96.4 Å². The minimum Gasteiger partial charge on any atom is -0.394 e. The molecule has 0 aromatic carbocycles. The van der Waals surface area contributed by atoms with Gasteiger partial charge in [0.1, 0.15) is 0 Å². The summed E-state index contributed by atoms with van der Waals surface area (Å²) in [5.41, 5.74) is 0. The van der Waals surface area contributed by atoms with Crippen molar-refractivity contribution in [1.82, 2.24) is 0 Å². The zero-order chi connectivity index (χ0) is 12.8. The van der Waals surface area contributed by atoms with Crippen molar-refractivity contribution in [2.75, 3.05) is 39.6 Å².